The predicted molar refractivity (Wildman–Crippen MR) is 81.1 cm³/mol. The van der Waals surface area contributed by atoms with Crippen LogP contribution in [0.15, 0.2) is 18.2 Å². The summed E-state index contributed by atoms with van der Waals surface area (Å²) in [7, 11) is 0. The summed E-state index contributed by atoms with van der Waals surface area (Å²) in [5, 5.41) is 3.58. The Morgan fingerprint density at radius 1 is 1.58 bits per heavy atom. The molecule has 1 heterocycles. The second kappa shape index (κ2) is 7.10. The van der Waals surface area contributed by atoms with Gasteiger partial charge < -0.3 is 11.1 Å². The van der Waals surface area contributed by atoms with Gasteiger partial charge in [-0.25, -0.2) is 0 Å². The Balaban J connectivity index is 0.00000180. The van der Waals surface area contributed by atoms with Gasteiger partial charge in [-0.3, -0.25) is 9.69 Å². The summed E-state index contributed by atoms with van der Waals surface area (Å²) >= 11 is 5.87. The van der Waals surface area contributed by atoms with Gasteiger partial charge in [0, 0.05) is 29.8 Å². The van der Waals surface area contributed by atoms with Gasteiger partial charge in [0.1, 0.15) is 0 Å². The third kappa shape index (κ3) is 4.66. The quantitative estimate of drug-likeness (QED) is 0.898. The van der Waals surface area contributed by atoms with E-state index in [1.165, 1.54) is 0 Å². The van der Waals surface area contributed by atoms with E-state index in [4.69, 9.17) is 17.3 Å². The molecule has 1 aliphatic heterocycles. The summed E-state index contributed by atoms with van der Waals surface area (Å²) < 4.78 is 0. The molecule has 1 fully saturated rings. The third-order valence-corrected chi connectivity index (χ3v) is 3.37. The molecular weight excluding hydrogens is 285 g/mol. The van der Waals surface area contributed by atoms with E-state index in [2.05, 4.69) is 10.2 Å². The average Bonchev–Trinajstić information content (AvgIpc) is 2.68. The Hall–Kier alpha value is -0.810. The van der Waals surface area contributed by atoms with Gasteiger partial charge in [0.15, 0.2) is 0 Å². The maximum absolute atomic E-state index is 11.9. The smallest absolute Gasteiger partial charge is 0.238 e. The van der Waals surface area contributed by atoms with Crippen LogP contribution in [0.25, 0.3) is 0 Å². The lowest BCUT2D eigenvalue weighted by Gasteiger charge is -2.15. The Morgan fingerprint density at radius 2 is 2.32 bits per heavy atom. The SMILES string of the molecule is Cc1cc(Cl)ccc1NC(=O)CN1CCC(N)C1.Cl. The minimum atomic E-state index is -0.00507. The Labute approximate surface area is 124 Å². The van der Waals surface area contributed by atoms with E-state index < -0.39 is 0 Å². The number of hydrogen-bond donors (Lipinski definition) is 2. The molecule has 3 N–H and O–H groups in total. The lowest BCUT2D eigenvalue weighted by Crippen LogP contribution is -2.33. The predicted octanol–water partition coefficient (Wildman–Crippen LogP) is 2.04. The average molecular weight is 304 g/mol. The number of carbonyl (C=O) groups excluding carboxylic acids is 1. The molecule has 6 heteroatoms. The van der Waals surface area contributed by atoms with Gasteiger partial charge in [0.05, 0.1) is 6.54 Å². The molecule has 2 rings (SSSR count). The number of nitrogens with two attached hydrogens (primary N) is 1. The van der Waals surface area contributed by atoms with Crippen LogP contribution in [-0.4, -0.2) is 36.5 Å². The zero-order chi connectivity index (χ0) is 13.1. The molecule has 1 saturated heterocycles. The number of aryl methyl sites for hydroxylation is 1. The molecule has 0 radical (unpaired) electrons. The molecule has 1 amide bonds. The van der Waals surface area contributed by atoms with E-state index >= 15 is 0 Å². The van der Waals surface area contributed by atoms with Gasteiger partial charge in [-0.2, -0.15) is 0 Å². The Bertz CT molecular complexity index is 454. The summed E-state index contributed by atoms with van der Waals surface area (Å²) in [6, 6.07) is 5.64. The molecule has 0 spiro atoms. The number of halogens is 2. The molecule has 0 aromatic heterocycles. The molecule has 4 nitrogen and oxygen atoms in total. The summed E-state index contributed by atoms with van der Waals surface area (Å²) in [4.78, 5) is 14.0. The van der Waals surface area contributed by atoms with Crippen LogP contribution in [0, 0.1) is 6.92 Å². The lowest BCUT2D eigenvalue weighted by atomic mass is 10.2. The zero-order valence-electron chi connectivity index (χ0n) is 10.9. The van der Waals surface area contributed by atoms with Crippen molar-refractivity contribution in [1.29, 1.82) is 0 Å². The van der Waals surface area contributed by atoms with Gasteiger partial charge in [-0.1, -0.05) is 11.6 Å². The first kappa shape index (κ1) is 16.2. The first-order valence-corrected chi connectivity index (χ1v) is 6.46. The molecule has 106 valence electrons. The first-order valence-electron chi connectivity index (χ1n) is 6.08. The van der Waals surface area contributed by atoms with E-state index in [0.29, 0.717) is 11.6 Å². The molecule has 0 aliphatic carbocycles. The standard InChI is InChI=1S/C13H18ClN3O.ClH/c1-9-6-10(14)2-3-12(9)16-13(18)8-17-5-4-11(15)7-17;/h2-3,6,11H,4-5,7-8,15H2,1H3,(H,16,18);1H. The summed E-state index contributed by atoms with van der Waals surface area (Å²) in [5.74, 6) is -0.00507. The first-order chi connectivity index (χ1) is 8.54. The van der Waals surface area contributed by atoms with Crippen molar-refractivity contribution in [1.82, 2.24) is 4.90 Å². The van der Waals surface area contributed by atoms with E-state index in [1.54, 1.807) is 6.07 Å². The molecule has 1 aromatic rings. The molecule has 1 unspecified atom stereocenters. The van der Waals surface area contributed by atoms with Crippen molar-refractivity contribution in [3.63, 3.8) is 0 Å². The van der Waals surface area contributed by atoms with Crippen LogP contribution in [0.5, 0.6) is 0 Å². The fourth-order valence-corrected chi connectivity index (χ4v) is 2.39. The Kier molecular flexibility index (Phi) is 6.07. The summed E-state index contributed by atoms with van der Waals surface area (Å²) in [6.45, 7) is 4.02. The number of rotatable bonds is 3. The van der Waals surface area contributed by atoms with Crippen LogP contribution >= 0.6 is 24.0 Å². The monoisotopic (exact) mass is 303 g/mol. The van der Waals surface area contributed by atoms with Gasteiger partial charge in [-0.05, 0) is 37.1 Å². The highest BCUT2D eigenvalue weighted by Crippen LogP contribution is 2.19. The fraction of sp³-hybridized carbons (Fsp3) is 0.462. The second-order valence-corrected chi connectivity index (χ2v) is 5.23. The van der Waals surface area contributed by atoms with Crippen LogP contribution < -0.4 is 11.1 Å². The van der Waals surface area contributed by atoms with E-state index in [9.17, 15) is 4.79 Å². The number of benzene rings is 1. The second-order valence-electron chi connectivity index (χ2n) is 4.79. The highest BCUT2D eigenvalue weighted by Gasteiger charge is 2.21. The number of nitrogens with zero attached hydrogens (tertiary/aromatic N) is 1. The van der Waals surface area contributed by atoms with Gasteiger partial charge >= 0.3 is 0 Å². The molecule has 0 saturated carbocycles. The van der Waals surface area contributed by atoms with Crippen molar-refractivity contribution in [2.45, 2.75) is 19.4 Å². The van der Waals surface area contributed by atoms with Crippen LogP contribution in [-0.2, 0) is 4.79 Å². The molecule has 1 atom stereocenters. The van der Waals surface area contributed by atoms with E-state index in [-0.39, 0.29) is 24.4 Å². The minimum Gasteiger partial charge on any atom is -0.326 e. The number of nitrogens with one attached hydrogen (secondary N) is 1. The maximum Gasteiger partial charge on any atom is 0.238 e. The fourth-order valence-electron chi connectivity index (χ4n) is 2.17. The van der Waals surface area contributed by atoms with Crippen molar-refractivity contribution in [3.8, 4) is 0 Å². The summed E-state index contributed by atoms with van der Waals surface area (Å²) in [6.07, 6.45) is 0.966. The van der Waals surface area contributed by atoms with Crippen molar-refractivity contribution < 1.29 is 4.79 Å². The van der Waals surface area contributed by atoms with Crippen molar-refractivity contribution in [2.24, 2.45) is 5.73 Å². The number of amides is 1. The molecule has 1 aromatic carbocycles. The number of anilines is 1. The van der Waals surface area contributed by atoms with Gasteiger partial charge in [0.2, 0.25) is 5.91 Å². The van der Waals surface area contributed by atoms with Crippen molar-refractivity contribution in [3.05, 3.63) is 28.8 Å². The maximum atomic E-state index is 11.9. The van der Waals surface area contributed by atoms with Gasteiger partial charge in [-0.15, -0.1) is 12.4 Å². The highest BCUT2D eigenvalue weighted by atomic mass is 35.5. The normalized spacial score (nSPS) is 19.0. The van der Waals surface area contributed by atoms with Crippen LogP contribution in [0.2, 0.25) is 5.02 Å². The molecule has 19 heavy (non-hydrogen) atoms. The molecule has 0 bridgehead atoms. The highest BCUT2D eigenvalue weighted by molar-refractivity contribution is 6.30. The minimum absolute atomic E-state index is 0. The van der Waals surface area contributed by atoms with Crippen LogP contribution in [0.4, 0.5) is 5.69 Å². The van der Waals surface area contributed by atoms with Crippen LogP contribution in [0.1, 0.15) is 12.0 Å². The van der Waals surface area contributed by atoms with E-state index in [1.807, 2.05) is 19.1 Å². The van der Waals surface area contributed by atoms with E-state index in [0.717, 1.165) is 30.8 Å². The number of carbonyl (C=O) groups is 1. The number of likely N-dealkylation sites (tertiary alicyclic amines) is 1. The zero-order valence-corrected chi connectivity index (χ0v) is 12.4. The van der Waals surface area contributed by atoms with Crippen LogP contribution in [0.3, 0.4) is 0 Å². The van der Waals surface area contributed by atoms with Crippen molar-refractivity contribution >= 4 is 35.6 Å². The van der Waals surface area contributed by atoms with Crippen molar-refractivity contribution in [2.75, 3.05) is 25.0 Å². The van der Waals surface area contributed by atoms with Gasteiger partial charge in [0.25, 0.3) is 0 Å². The third-order valence-electron chi connectivity index (χ3n) is 3.14. The summed E-state index contributed by atoms with van der Waals surface area (Å²) in [5.41, 5.74) is 7.59. The number of hydrogen-bond acceptors (Lipinski definition) is 3. The largest absolute Gasteiger partial charge is 0.326 e. The topological polar surface area (TPSA) is 58.4 Å². The molecule has 1 aliphatic rings. The molecular formula is C13H19Cl2N3O. The Morgan fingerprint density at radius 3 is 2.89 bits per heavy atom. The lowest BCUT2D eigenvalue weighted by molar-refractivity contribution is -0.117.